The van der Waals surface area contributed by atoms with E-state index in [2.05, 4.69) is 15.0 Å². The summed E-state index contributed by atoms with van der Waals surface area (Å²) in [6.07, 6.45) is 4.82. The predicted octanol–water partition coefficient (Wildman–Crippen LogP) is 1.65. The molecule has 0 aliphatic carbocycles. The zero-order valence-electron chi connectivity index (χ0n) is 7.54. The van der Waals surface area contributed by atoms with Gasteiger partial charge in [0, 0.05) is 23.5 Å². The lowest BCUT2D eigenvalue weighted by Gasteiger charge is -1.98. The molecule has 0 radical (unpaired) electrons. The molecule has 0 bridgehead atoms. The van der Waals surface area contributed by atoms with E-state index in [1.165, 1.54) is 24.0 Å². The second kappa shape index (κ2) is 4.14. The Morgan fingerprint density at radius 3 is 2.93 bits per heavy atom. The summed E-state index contributed by atoms with van der Waals surface area (Å²) in [4.78, 5) is 22.1. The molecule has 0 amide bonds. The second-order valence-corrected chi connectivity index (χ2v) is 3.74. The highest BCUT2D eigenvalue weighted by atomic mass is 32.2. The number of carboxylic acids is 1. The Labute approximate surface area is 89.6 Å². The summed E-state index contributed by atoms with van der Waals surface area (Å²) in [5.41, 5.74) is 0.0338. The van der Waals surface area contributed by atoms with Crippen LogP contribution in [-0.4, -0.2) is 26.0 Å². The molecule has 2 aromatic rings. The molecule has 0 aromatic carbocycles. The van der Waals surface area contributed by atoms with Gasteiger partial charge in [-0.15, -0.1) is 0 Å². The second-order valence-electron chi connectivity index (χ2n) is 2.68. The number of hydrogen-bond acceptors (Lipinski definition) is 4. The van der Waals surface area contributed by atoms with E-state index < -0.39 is 5.97 Å². The Kier molecular flexibility index (Phi) is 2.68. The standard InChI is InChI=1S/C9H7N3O2S/c13-8(14)7-5-6(1-2-10-7)15-9-11-3-4-12-9/h1-5H,(H,11,12)(H,13,14). The number of aromatic carboxylic acids is 1. The van der Waals surface area contributed by atoms with Crippen LogP contribution >= 0.6 is 11.8 Å². The van der Waals surface area contributed by atoms with Gasteiger partial charge in [-0.05, 0) is 12.1 Å². The molecule has 0 fully saturated rings. The quantitative estimate of drug-likeness (QED) is 0.823. The van der Waals surface area contributed by atoms with Gasteiger partial charge in [-0.3, -0.25) is 0 Å². The van der Waals surface area contributed by atoms with Gasteiger partial charge in [0.2, 0.25) is 0 Å². The number of nitrogens with one attached hydrogen (secondary N) is 1. The first-order valence-corrected chi connectivity index (χ1v) is 4.94. The molecular weight excluding hydrogens is 214 g/mol. The van der Waals surface area contributed by atoms with E-state index in [9.17, 15) is 4.79 Å². The highest BCUT2D eigenvalue weighted by Crippen LogP contribution is 2.23. The van der Waals surface area contributed by atoms with Crippen LogP contribution in [0.3, 0.4) is 0 Å². The Morgan fingerprint density at radius 2 is 2.27 bits per heavy atom. The largest absolute Gasteiger partial charge is 0.477 e. The lowest BCUT2D eigenvalue weighted by Crippen LogP contribution is -1.99. The summed E-state index contributed by atoms with van der Waals surface area (Å²) in [5, 5.41) is 9.46. The summed E-state index contributed by atoms with van der Waals surface area (Å²) in [6, 6.07) is 3.25. The van der Waals surface area contributed by atoms with Gasteiger partial charge >= 0.3 is 5.97 Å². The fraction of sp³-hybridized carbons (Fsp3) is 0. The summed E-state index contributed by atoms with van der Waals surface area (Å²) in [6.45, 7) is 0. The molecule has 2 N–H and O–H groups in total. The smallest absolute Gasteiger partial charge is 0.354 e. The normalized spacial score (nSPS) is 10.1. The SMILES string of the molecule is O=C(O)c1cc(Sc2ncc[nH]2)ccn1. The molecule has 0 saturated heterocycles. The first-order valence-electron chi connectivity index (χ1n) is 4.12. The van der Waals surface area contributed by atoms with Gasteiger partial charge in [0.25, 0.3) is 0 Å². The van der Waals surface area contributed by atoms with Crippen molar-refractivity contribution < 1.29 is 9.90 Å². The van der Waals surface area contributed by atoms with Crippen LogP contribution in [0.15, 0.2) is 40.8 Å². The molecule has 0 atom stereocenters. The van der Waals surface area contributed by atoms with Crippen molar-refractivity contribution in [1.82, 2.24) is 15.0 Å². The number of carboxylic acid groups (broad SMARTS) is 1. The fourth-order valence-electron chi connectivity index (χ4n) is 1.01. The first kappa shape index (κ1) is 9.72. The van der Waals surface area contributed by atoms with Gasteiger partial charge in [0.1, 0.15) is 5.69 Å². The summed E-state index contributed by atoms with van der Waals surface area (Å²) in [5.74, 6) is -1.03. The van der Waals surface area contributed by atoms with Crippen molar-refractivity contribution >= 4 is 17.7 Å². The number of aromatic amines is 1. The van der Waals surface area contributed by atoms with E-state index in [0.29, 0.717) is 0 Å². The topological polar surface area (TPSA) is 78.9 Å². The minimum Gasteiger partial charge on any atom is -0.477 e. The third-order valence-corrected chi connectivity index (χ3v) is 2.54. The van der Waals surface area contributed by atoms with Crippen molar-refractivity contribution in [2.45, 2.75) is 10.1 Å². The van der Waals surface area contributed by atoms with Gasteiger partial charge in [-0.1, -0.05) is 11.8 Å². The molecule has 0 aliphatic rings. The minimum absolute atomic E-state index is 0.0338. The number of imidazole rings is 1. The van der Waals surface area contributed by atoms with Crippen LogP contribution in [0, 0.1) is 0 Å². The average molecular weight is 221 g/mol. The van der Waals surface area contributed by atoms with Crippen molar-refractivity contribution in [1.29, 1.82) is 0 Å². The molecule has 5 nitrogen and oxygen atoms in total. The van der Waals surface area contributed by atoms with Crippen molar-refractivity contribution in [3.8, 4) is 0 Å². The molecule has 76 valence electrons. The number of aromatic nitrogens is 3. The number of nitrogens with zero attached hydrogens (tertiary/aromatic N) is 2. The molecule has 6 heteroatoms. The van der Waals surface area contributed by atoms with E-state index in [0.717, 1.165) is 10.1 Å². The predicted molar refractivity (Wildman–Crippen MR) is 53.9 cm³/mol. The zero-order chi connectivity index (χ0) is 10.7. The monoisotopic (exact) mass is 221 g/mol. The lowest BCUT2D eigenvalue weighted by atomic mass is 10.4. The molecule has 0 unspecified atom stereocenters. The van der Waals surface area contributed by atoms with Crippen LogP contribution in [0.25, 0.3) is 0 Å². The van der Waals surface area contributed by atoms with Gasteiger partial charge in [0.15, 0.2) is 5.16 Å². The van der Waals surface area contributed by atoms with E-state index in [-0.39, 0.29) is 5.69 Å². The fourth-order valence-corrected chi connectivity index (χ4v) is 1.77. The Hall–Kier alpha value is -1.82. The van der Waals surface area contributed by atoms with E-state index in [1.807, 2.05) is 0 Å². The van der Waals surface area contributed by atoms with Gasteiger partial charge in [0.05, 0.1) is 0 Å². The van der Waals surface area contributed by atoms with Crippen LogP contribution < -0.4 is 0 Å². The van der Waals surface area contributed by atoms with Gasteiger partial charge in [-0.25, -0.2) is 14.8 Å². The number of carbonyl (C=O) groups is 1. The maximum Gasteiger partial charge on any atom is 0.354 e. The molecule has 0 saturated carbocycles. The summed E-state index contributed by atoms with van der Waals surface area (Å²) >= 11 is 1.36. The maximum absolute atomic E-state index is 10.7. The number of hydrogen-bond donors (Lipinski definition) is 2. The van der Waals surface area contributed by atoms with Crippen LogP contribution in [-0.2, 0) is 0 Å². The number of H-pyrrole nitrogens is 1. The summed E-state index contributed by atoms with van der Waals surface area (Å²) < 4.78 is 0. The molecule has 2 heterocycles. The minimum atomic E-state index is -1.03. The van der Waals surface area contributed by atoms with E-state index in [1.54, 1.807) is 18.5 Å². The maximum atomic E-state index is 10.7. The molecule has 2 rings (SSSR count). The molecule has 15 heavy (non-hydrogen) atoms. The van der Waals surface area contributed by atoms with E-state index >= 15 is 0 Å². The van der Waals surface area contributed by atoms with Crippen molar-refractivity contribution in [3.63, 3.8) is 0 Å². The van der Waals surface area contributed by atoms with Gasteiger partial charge in [-0.2, -0.15) is 0 Å². The number of rotatable bonds is 3. The van der Waals surface area contributed by atoms with E-state index in [4.69, 9.17) is 5.11 Å². The zero-order valence-corrected chi connectivity index (χ0v) is 8.36. The highest BCUT2D eigenvalue weighted by molar-refractivity contribution is 7.99. The molecule has 0 spiro atoms. The average Bonchev–Trinajstić information content (AvgIpc) is 2.71. The lowest BCUT2D eigenvalue weighted by molar-refractivity contribution is 0.0690. The molecular formula is C9H7N3O2S. The number of pyridine rings is 1. The molecule has 0 aliphatic heterocycles. The summed E-state index contributed by atoms with van der Waals surface area (Å²) in [7, 11) is 0. The van der Waals surface area contributed by atoms with Crippen LogP contribution in [0.5, 0.6) is 0 Å². The van der Waals surface area contributed by atoms with Crippen LogP contribution in [0.1, 0.15) is 10.5 Å². The van der Waals surface area contributed by atoms with Crippen LogP contribution in [0.4, 0.5) is 0 Å². The van der Waals surface area contributed by atoms with Crippen molar-refractivity contribution in [3.05, 3.63) is 36.4 Å². The Morgan fingerprint density at radius 1 is 1.40 bits per heavy atom. The molecule has 2 aromatic heterocycles. The van der Waals surface area contributed by atoms with Crippen molar-refractivity contribution in [2.75, 3.05) is 0 Å². The first-order chi connectivity index (χ1) is 7.25. The van der Waals surface area contributed by atoms with Crippen LogP contribution in [0.2, 0.25) is 0 Å². The highest BCUT2D eigenvalue weighted by Gasteiger charge is 2.06. The Balaban J connectivity index is 2.22. The van der Waals surface area contributed by atoms with Gasteiger partial charge < -0.3 is 10.1 Å². The Bertz CT molecular complexity index is 470. The third kappa shape index (κ3) is 2.35. The van der Waals surface area contributed by atoms with Crippen molar-refractivity contribution in [2.24, 2.45) is 0 Å². The third-order valence-electron chi connectivity index (χ3n) is 1.64.